The third kappa shape index (κ3) is 5.58. The minimum absolute atomic E-state index is 0.0430. The number of hydrogen-bond donors (Lipinski definition) is 1. The highest BCUT2D eigenvalue weighted by molar-refractivity contribution is 6.42. The molecule has 0 aromatic heterocycles. The predicted molar refractivity (Wildman–Crippen MR) is 121 cm³/mol. The van der Waals surface area contributed by atoms with Crippen LogP contribution < -0.4 is 5.32 Å². The zero-order valence-electron chi connectivity index (χ0n) is 16.7. The van der Waals surface area contributed by atoms with E-state index in [4.69, 9.17) is 34.8 Å². The molecule has 156 valence electrons. The molecular weight excluding hydrogens is 429 g/mol. The van der Waals surface area contributed by atoms with Gasteiger partial charge in [-0.1, -0.05) is 59.1 Å². The van der Waals surface area contributed by atoms with Crippen LogP contribution in [0.15, 0.2) is 42.5 Å². The molecule has 1 N–H and O–H groups in total. The normalized spacial score (nSPS) is 18.3. The molecule has 0 bridgehead atoms. The lowest BCUT2D eigenvalue weighted by Gasteiger charge is -2.41. The second kappa shape index (κ2) is 10.0. The van der Waals surface area contributed by atoms with Crippen molar-refractivity contribution in [1.29, 1.82) is 0 Å². The molecule has 2 atom stereocenters. The highest BCUT2D eigenvalue weighted by atomic mass is 35.5. The maximum Gasteiger partial charge on any atom is 0.319 e. The first kappa shape index (κ1) is 22.2. The van der Waals surface area contributed by atoms with Gasteiger partial charge in [-0.3, -0.25) is 4.90 Å². The van der Waals surface area contributed by atoms with Crippen LogP contribution in [0.5, 0.6) is 0 Å². The number of halogens is 3. The Morgan fingerprint density at radius 3 is 2.59 bits per heavy atom. The maximum absolute atomic E-state index is 13.3. The van der Waals surface area contributed by atoms with Crippen molar-refractivity contribution in [3.8, 4) is 0 Å². The zero-order chi connectivity index (χ0) is 21.0. The summed E-state index contributed by atoms with van der Waals surface area (Å²) in [5, 5.41) is 4.74. The topological polar surface area (TPSA) is 35.6 Å². The Morgan fingerprint density at radius 1 is 1.17 bits per heavy atom. The van der Waals surface area contributed by atoms with Crippen molar-refractivity contribution in [1.82, 2.24) is 15.1 Å². The SMILES string of the molecule is CC(NC(=O)N(Cc1ccc(Cl)cc1)C1CCCCN1C)c1cccc(Cl)c1Cl. The van der Waals surface area contributed by atoms with Crippen molar-refractivity contribution >= 4 is 40.8 Å². The summed E-state index contributed by atoms with van der Waals surface area (Å²) in [6.45, 7) is 3.40. The van der Waals surface area contributed by atoms with Gasteiger partial charge in [0, 0.05) is 11.6 Å². The lowest BCUT2D eigenvalue weighted by molar-refractivity contribution is 0.0498. The second-order valence-corrected chi connectivity index (χ2v) is 8.75. The van der Waals surface area contributed by atoms with Crippen LogP contribution in [0, 0.1) is 0 Å². The van der Waals surface area contributed by atoms with E-state index in [1.165, 1.54) is 0 Å². The molecule has 1 aliphatic rings. The molecule has 0 aliphatic carbocycles. The van der Waals surface area contributed by atoms with Gasteiger partial charge in [-0.2, -0.15) is 0 Å². The molecule has 1 fully saturated rings. The van der Waals surface area contributed by atoms with E-state index in [9.17, 15) is 4.79 Å². The summed E-state index contributed by atoms with van der Waals surface area (Å²) in [5.74, 6) is 0. The number of carbonyl (C=O) groups is 1. The van der Waals surface area contributed by atoms with Gasteiger partial charge >= 0.3 is 6.03 Å². The predicted octanol–water partition coefficient (Wildman–Crippen LogP) is 6.36. The van der Waals surface area contributed by atoms with Gasteiger partial charge in [0.15, 0.2) is 0 Å². The van der Waals surface area contributed by atoms with E-state index in [-0.39, 0.29) is 18.2 Å². The first-order valence-corrected chi connectivity index (χ1v) is 11.0. The Hall–Kier alpha value is -1.46. The summed E-state index contributed by atoms with van der Waals surface area (Å²) in [7, 11) is 2.07. The molecule has 4 nitrogen and oxygen atoms in total. The number of piperidine rings is 1. The molecule has 1 aliphatic heterocycles. The minimum atomic E-state index is -0.268. The lowest BCUT2D eigenvalue weighted by Crippen LogP contribution is -2.54. The fraction of sp³-hybridized carbons (Fsp3) is 0.409. The Labute approximate surface area is 187 Å². The molecule has 2 aromatic rings. The average Bonchev–Trinajstić information content (AvgIpc) is 2.70. The van der Waals surface area contributed by atoms with Gasteiger partial charge in [0.2, 0.25) is 0 Å². The van der Waals surface area contributed by atoms with Gasteiger partial charge in [0.05, 0.1) is 22.3 Å². The Morgan fingerprint density at radius 2 is 1.90 bits per heavy atom. The van der Waals surface area contributed by atoms with E-state index < -0.39 is 0 Å². The number of nitrogens with zero attached hydrogens (tertiary/aromatic N) is 2. The third-order valence-electron chi connectivity index (χ3n) is 5.41. The van der Waals surface area contributed by atoms with Gasteiger partial charge in [-0.25, -0.2) is 4.79 Å². The molecule has 0 radical (unpaired) electrons. The highest BCUT2D eigenvalue weighted by Crippen LogP contribution is 2.30. The number of nitrogens with one attached hydrogen (secondary N) is 1. The number of benzene rings is 2. The molecular formula is C22H26Cl3N3O. The van der Waals surface area contributed by atoms with E-state index in [1.807, 2.05) is 48.2 Å². The van der Waals surface area contributed by atoms with Crippen molar-refractivity contribution in [2.24, 2.45) is 0 Å². The largest absolute Gasteiger partial charge is 0.331 e. The van der Waals surface area contributed by atoms with Crippen molar-refractivity contribution in [2.75, 3.05) is 13.6 Å². The van der Waals surface area contributed by atoms with Gasteiger partial charge < -0.3 is 10.2 Å². The lowest BCUT2D eigenvalue weighted by atomic mass is 10.1. The molecule has 2 amide bonds. The average molecular weight is 455 g/mol. The molecule has 29 heavy (non-hydrogen) atoms. The van der Waals surface area contributed by atoms with Gasteiger partial charge in [0.1, 0.15) is 0 Å². The van der Waals surface area contributed by atoms with E-state index in [2.05, 4.69) is 17.3 Å². The van der Waals surface area contributed by atoms with Crippen molar-refractivity contribution in [2.45, 2.75) is 44.9 Å². The number of hydrogen-bond acceptors (Lipinski definition) is 2. The van der Waals surface area contributed by atoms with Crippen LogP contribution in [0.2, 0.25) is 15.1 Å². The van der Waals surface area contributed by atoms with Crippen molar-refractivity contribution < 1.29 is 4.79 Å². The summed E-state index contributed by atoms with van der Waals surface area (Å²) < 4.78 is 0. The molecule has 2 aromatic carbocycles. The van der Waals surface area contributed by atoms with Gasteiger partial charge in [-0.15, -0.1) is 0 Å². The molecule has 2 unspecified atom stereocenters. The summed E-state index contributed by atoms with van der Waals surface area (Å²) in [4.78, 5) is 17.5. The van der Waals surface area contributed by atoms with E-state index in [0.29, 0.717) is 21.6 Å². The third-order valence-corrected chi connectivity index (χ3v) is 6.49. The Bertz CT molecular complexity index is 844. The van der Waals surface area contributed by atoms with Crippen molar-refractivity contribution in [3.63, 3.8) is 0 Å². The number of rotatable bonds is 5. The van der Waals surface area contributed by atoms with E-state index in [1.54, 1.807) is 6.07 Å². The quantitative estimate of drug-likeness (QED) is 0.570. The van der Waals surface area contributed by atoms with Gasteiger partial charge in [-0.05, 0) is 69.1 Å². The standard InChI is InChI=1S/C22H26Cl3N3O/c1-15(18-6-5-7-19(24)21(18)25)26-22(29)28(20-8-3-4-13-27(20)2)14-16-9-11-17(23)12-10-16/h5-7,9-12,15,20H,3-4,8,13-14H2,1-2H3,(H,26,29). The smallest absolute Gasteiger partial charge is 0.319 e. The van der Waals surface area contributed by atoms with E-state index >= 15 is 0 Å². The fourth-order valence-electron chi connectivity index (χ4n) is 3.75. The van der Waals surface area contributed by atoms with Crippen LogP contribution >= 0.6 is 34.8 Å². The van der Waals surface area contributed by atoms with E-state index in [0.717, 1.165) is 36.9 Å². The monoisotopic (exact) mass is 453 g/mol. The summed E-state index contributed by atoms with van der Waals surface area (Å²) >= 11 is 18.5. The second-order valence-electron chi connectivity index (χ2n) is 7.53. The van der Waals surface area contributed by atoms with Crippen LogP contribution in [-0.2, 0) is 6.54 Å². The number of likely N-dealkylation sites (tertiary alicyclic amines) is 1. The van der Waals surface area contributed by atoms with Crippen LogP contribution in [-0.4, -0.2) is 35.6 Å². The first-order chi connectivity index (χ1) is 13.9. The molecule has 0 saturated carbocycles. The summed E-state index contributed by atoms with van der Waals surface area (Å²) in [6.07, 6.45) is 3.25. The fourth-order valence-corrected chi connectivity index (χ4v) is 4.35. The van der Waals surface area contributed by atoms with Crippen LogP contribution in [0.3, 0.4) is 0 Å². The number of urea groups is 1. The number of amides is 2. The molecule has 1 heterocycles. The molecule has 3 rings (SSSR count). The van der Waals surface area contributed by atoms with Crippen LogP contribution in [0.1, 0.15) is 43.4 Å². The summed E-state index contributed by atoms with van der Waals surface area (Å²) in [5.41, 5.74) is 1.84. The van der Waals surface area contributed by atoms with Crippen LogP contribution in [0.25, 0.3) is 0 Å². The van der Waals surface area contributed by atoms with Crippen LogP contribution in [0.4, 0.5) is 4.79 Å². The molecule has 0 spiro atoms. The number of carbonyl (C=O) groups excluding carboxylic acids is 1. The first-order valence-electron chi connectivity index (χ1n) is 9.82. The Balaban J connectivity index is 1.81. The maximum atomic E-state index is 13.3. The minimum Gasteiger partial charge on any atom is -0.331 e. The molecule has 1 saturated heterocycles. The Kier molecular flexibility index (Phi) is 7.69. The summed E-state index contributed by atoms with van der Waals surface area (Å²) in [6, 6.07) is 12.7. The zero-order valence-corrected chi connectivity index (χ0v) is 18.9. The highest BCUT2D eigenvalue weighted by Gasteiger charge is 2.30. The van der Waals surface area contributed by atoms with Crippen molar-refractivity contribution in [3.05, 3.63) is 68.7 Å². The molecule has 7 heteroatoms. The van der Waals surface area contributed by atoms with Gasteiger partial charge in [0.25, 0.3) is 0 Å².